The van der Waals surface area contributed by atoms with Crippen LogP contribution in [0, 0.1) is 12.3 Å². The monoisotopic (exact) mass is 219 g/mol. The third-order valence-electron chi connectivity index (χ3n) is 2.48. The van der Waals surface area contributed by atoms with E-state index in [4.69, 9.17) is 15.9 Å². The van der Waals surface area contributed by atoms with Crippen LogP contribution in [0.5, 0.6) is 11.5 Å². The van der Waals surface area contributed by atoms with Gasteiger partial charge in [0.15, 0.2) is 0 Å². The van der Waals surface area contributed by atoms with E-state index in [-0.39, 0.29) is 6.04 Å². The zero-order valence-corrected chi connectivity index (χ0v) is 9.91. The van der Waals surface area contributed by atoms with Gasteiger partial charge in [-0.2, -0.15) is 0 Å². The standard InChI is InChI=1S/C13H17NO2/c1-5-7-10(14-2)13-11(15-3)8-6-9-12(13)16-4/h1,6,8-10,14H,7H2,2-4H3. The first-order valence-electron chi connectivity index (χ1n) is 5.10. The van der Waals surface area contributed by atoms with E-state index in [1.807, 2.05) is 25.2 Å². The molecule has 1 aromatic rings. The van der Waals surface area contributed by atoms with Crippen molar-refractivity contribution in [3.05, 3.63) is 23.8 Å². The number of rotatable bonds is 5. The van der Waals surface area contributed by atoms with E-state index in [1.165, 1.54) is 0 Å². The summed E-state index contributed by atoms with van der Waals surface area (Å²) in [7, 11) is 5.15. The van der Waals surface area contributed by atoms with Crippen LogP contribution in [0.25, 0.3) is 0 Å². The van der Waals surface area contributed by atoms with E-state index in [2.05, 4.69) is 11.2 Å². The summed E-state index contributed by atoms with van der Waals surface area (Å²) in [4.78, 5) is 0. The molecule has 0 aromatic heterocycles. The SMILES string of the molecule is C#CCC(NC)c1c(OC)cccc1OC. The van der Waals surface area contributed by atoms with E-state index < -0.39 is 0 Å². The molecule has 86 valence electrons. The second-order valence-corrected chi connectivity index (χ2v) is 3.33. The maximum atomic E-state index is 5.35. The molecule has 0 saturated carbocycles. The van der Waals surface area contributed by atoms with E-state index in [1.54, 1.807) is 14.2 Å². The second kappa shape index (κ2) is 6.04. The van der Waals surface area contributed by atoms with Gasteiger partial charge in [0, 0.05) is 6.42 Å². The summed E-state index contributed by atoms with van der Waals surface area (Å²) < 4.78 is 10.7. The maximum absolute atomic E-state index is 5.35. The lowest BCUT2D eigenvalue weighted by Crippen LogP contribution is -2.17. The Morgan fingerprint density at radius 2 is 1.88 bits per heavy atom. The van der Waals surface area contributed by atoms with E-state index in [0.29, 0.717) is 6.42 Å². The molecule has 0 heterocycles. The highest BCUT2D eigenvalue weighted by atomic mass is 16.5. The fraction of sp³-hybridized carbons (Fsp3) is 0.385. The van der Waals surface area contributed by atoms with Crippen molar-refractivity contribution in [2.75, 3.05) is 21.3 Å². The van der Waals surface area contributed by atoms with Gasteiger partial charge in [0.1, 0.15) is 11.5 Å². The van der Waals surface area contributed by atoms with Crippen LogP contribution in [0.1, 0.15) is 18.0 Å². The molecule has 3 nitrogen and oxygen atoms in total. The van der Waals surface area contributed by atoms with Crippen LogP contribution >= 0.6 is 0 Å². The molecule has 0 saturated heterocycles. The lowest BCUT2D eigenvalue weighted by Gasteiger charge is -2.20. The van der Waals surface area contributed by atoms with Crippen LogP contribution in [0.4, 0.5) is 0 Å². The van der Waals surface area contributed by atoms with Gasteiger partial charge in [-0.3, -0.25) is 0 Å². The first-order valence-corrected chi connectivity index (χ1v) is 5.10. The predicted octanol–water partition coefficient (Wildman–Crippen LogP) is 1.99. The molecule has 0 aliphatic rings. The summed E-state index contributed by atoms with van der Waals surface area (Å²) >= 11 is 0. The quantitative estimate of drug-likeness (QED) is 0.768. The van der Waals surface area contributed by atoms with Gasteiger partial charge >= 0.3 is 0 Å². The first kappa shape index (κ1) is 12.4. The normalized spacial score (nSPS) is 11.6. The Labute approximate surface area is 96.8 Å². The molecule has 0 amide bonds. The fourth-order valence-corrected chi connectivity index (χ4v) is 1.69. The van der Waals surface area contributed by atoms with E-state index in [0.717, 1.165) is 17.1 Å². The Morgan fingerprint density at radius 3 is 2.25 bits per heavy atom. The number of ether oxygens (including phenoxy) is 2. The van der Waals surface area contributed by atoms with Crippen LogP contribution in [0.3, 0.4) is 0 Å². The van der Waals surface area contributed by atoms with Crippen molar-refractivity contribution < 1.29 is 9.47 Å². The van der Waals surface area contributed by atoms with Crippen molar-refractivity contribution in [2.24, 2.45) is 0 Å². The average molecular weight is 219 g/mol. The lowest BCUT2D eigenvalue weighted by atomic mass is 10.0. The van der Waals surface area contributed by atoms with Crippen molar-refractivity contribution >= 4 is 0 Å². The number of hydrogen-bond donors (Lipinski definition) is 1. The van der Waals surface area contributed by atoms with E-state index >= 15 is 0 Å². The van der Waals surface area contributed by atoms with Crippen LogP contribution < -0.4 is 14.8 Å². The van der Waals surface area contributed by atoms with Crippen molar-refractivity contribution in [2.45, 2.75) is 12.5 Å². The minimum atomic E-state index is 0.0381. The highest BCUT2D eigenvalue weighted by Gasteiger charge is 2.18. The first-order chi connectivity index (χ1) is 7.78. The molecule has 1 unspecified atom stereocenters. The maximum Gasteiger partial charge on any atom is 0.127 e. The Bertz CT molecular complexity index is 360. The molecule has 16 heavy (non-hydrogen) atoms. The Morgan fingerprint density at radius 1 is 1.31 bits per heavy atom. The van der Waals surface area contributed by atoms with Crippen molar-refractivity contribution in [3.8, 4) is 23.8 Å². The summed E-state index contributed by atoms with van der Waals surface area (Å²) in [6.07, 6.45) is 5.94. The molecular formula is C13H17NO2. The van der Waals surface area contributed by atoms with Gasteiger partial charge in [-0.05, 0) is 19.2 Å². The van der Waals surface area contributed by atoms with Gasteiger partial charge in [-0.25, -0.2) is 0 Å². The largest absolute Gasteiger partial charge is 0.496 e. The molecular weight excluding hydrogens is 202 g/mol. The summed E-state index contributed by atoms with van der Waals surface area (Å²) in [6, 6.07) is 5.73. The van der Waals surface area contributed by atoms with Crippen LogP contribution in [-0.2, 0) is 0 Å². The lowest BCUT2D eigenvalue weighted by molar-refractivity contribution is 0.374. The average Bonchev–Trinajstić information content (AvgIpc) is 2.35. The summed E-state index contributed by atoms with van der Waals surface area (Å²) in [5, 5.41) is 3.17. The van der Waals surface area contributed by atoms with Crippen molar-refractivity contribution in [1.29, 1.82) is 0 Å². The molecule has 1 aromatic carbocycles. The number of methoxy groups -OCH3 is 2. The molecule has 1 atom stereocenters. The smallest absolute Gasteiger partial charge is 0.127 e. The Kier molecular flexibility index (Phi) is 4.68. The van der Waals surface area contributed by atoms with Crippen LogP contribution in [-0.4, -0.2) is 21.3 Å². The van der Waals surface area contributed by atoms with Gasteiger partial charge in [-0.1, -0.05) is 6.07 Å². The number of terminal acetylenes is 1. The number of hydrogen-bond acceptors (Lipinski definition) is 3. The third-order valence-corrected chi connectivity index (χ3v) is 2.48. The topological polar surface area (TPSA) is 30.5 Å². The predicted molar refractivity (Wildman–Crippen MR) is 64.8 cm³/mol. The third kappa shape index (κ3) is 2.47. The molecule has 0 spiro atoms. The van der Waals surface area contributed by atoms with Gasteiger partial charge in [0.2, 0.25) is 0 Å². The Balaban J connectivity index is 3.21. The molecule has 3 heteroatoms. The Hall–Kier alpha value is -1.66. The molecule has 0 fully saturated rings. The van der Waals surface area contributed by atoms with Gasteiger partial charge < -0.3 is 14.8 Å². The van der Waals surface area contributed by atoms with Crippen LogP contribution in [0.2, 0.25) is 0 Å². The molecule has 0 bridgehead atoms. The zero-order valence-electron chi connectivity index (χ0n) is 9.91. The zero-order chi connectivity index (χ0) is 12.0. The summed E-state index contributed by atoms with van der Waals surface area (Å²) in [6.45, 7) is 0. The molecule has 1 rings (SSSR count). The highest BCUT2D eigenvalue weighted by Crippen LogP contribution is 2.34. The van der Waals surface area contributed by atoms with Gasteiger partial charge in [-0.15, -0.1) is 12.3 Å². The molecule has 1 N–H and O–H groups in total. The van der Waals surface area contributed by atoms with Gasteiger partial charge in [0.05, 0.1) is 25.8 Å². The molecule has 0 aliphatic heterocycles. The van der Waals surface area contributed by atoms with E-state index in [9.17, 15) is 0 Å². The van der Waals surface area contributed by atoms with Crippen molar-refractivity contribution in [3.63, 3.8) is 0 Å². The highest BCUT2D eigenvalue weighted by molar-refractivity contribution is 5.47. The molecule has 0 radical (unpaired) electrons. The van der Waals surface area contributed by atoms with Crippen LogP contribution in [0.15, 0.2) is 18.2 Å². The second-order valence-electron chi connectivity index (χ2n) is 3.33. The number of nitrogens with one attached hydrogen (secondary N) is 1. The fourth-order valence-electron chi connectivity index (χ4n) is 1.69. The molecule has 0 aliphatic carbocycles. The minimum absolute atomic E-state index is 0.0381. The minimum Gasteiger partial charge on any atom is -0.496 e. The van der Waals surface area contributed by atoms with Gasteiger partial charge in [0.25, 0.3) is 0 Å². The summed E-state index contributed by atoms with van der Waals surface area (Å²) in [5.74, 6) is 4.22. The van der Waals surface area contributed by atoms with Crippen molar-refractivity contribution in [1.82, 2.24) is 5.32 Å². The number of benzene rings is 1. The summed E-state index contributed by atoms with van der Waals surface area (Å²) in [5.41, 5.74) is 0.966.